The van der Waals surface area contributed by atoms with Gasteiger partial charge >= 0.3 is 0 Å². The minimum atomic E-state index is -3.91. The van der Waals surface area contributed by atoms with E-state index in [-0.39, 0.29) is 10.6 Å². The minimum Gasteiger partial charge on any atom is -0.321 e. The molecule has 0 bridgehead atoms. The van der Waals surface area contributed by atoms with Crippen LogP contribution < -0.4 is 10.0 Å². The summed E-state index contributed by atoms with van der Waals surface area (Å²) in [4.78, 5) is 27.5. The molecular weight excluding hydrogens is 356 g/mol. The van der Waals surface area contributed by atoms with Crippen molar-refractivity contribution < 1.29 is 18.0 Å². The third-order valence-corrected chi connectivity index (χ3v) is 5.00. The average molecular weight is 372 g/mol. The fourth-order valence-electron chi connectivity index (χ4n) is 2.35. The van der Waals surface area contributed by atoms with Gasteiger partial charge in [0.1, 0.15) is 11.3 Å². The molecule has 0 spiro atoms. The molecule has 2 heterocycles. The fourth-order valence-corrected chi connectivity index (χ4v) is 3.34. The Morgan fingerprint density at radius 2 is 1.81 bits per heavy atom. The van der Waals surface area contributed by atoms with Crippen LogP contribution in [-0.2, 0) is 14.8 Å². The van der Waals surface area contributed by atoms with Crippen LogP contribution in [0.25, 0.3) is 5.65 Å². The zero-order valence-electron chi connectivity index (χ0n) is 14.1. The summed E-state index contributed by atoms with van der Waals surface area (Å²) in [6, 6.07) is 9.24. The number of imidazole rings is 1. The summed E-state index contributed by atoms with van der Waals surface area (Å²) in [7, 11) is -3.91. The molecule has 0 saturated carbocycles. The molecule has 8 nitrogen and oxygen atoms in total. The minimum absolute atomic E-state index is 0.0751. The maximum absolute atomic E-state index is 12.3. The van der Waals surface area contributed by atoms with Crippen molar-refractivity contribution in [2.24, 2.45) is 0 Å². The summed E-state index contributed by atoms with van der Waals surface area (Å²) in [6.45, 7) is 3.05. The average Bonchev–Trinajstić information content (AvgIpc) is 2.97. The third-order valence-electron chi connectivity index (χ3n) is 3.55. The van der Waals surface area contributed by atoms with E-state index >= 15 is 0 Å². The highest BCUT2D eigenvalue weighted by Crippen LogP contribution is 2.15. The molecule has 0 saturated heterocycles. The molecule has 0 radical (unpaired) electrons. The van der Waals surface area contributed by atoms with Gasteiger partial charge < -0.3 is 9.72 Å². The number of carbonyl (C=O) groups excluding carboxylic acids is 2. The van der Waals surface area contributed by atoms with Crippen LogP contribution in [0.3, 0.4) is 0 Å². The SMILES string of the molecule is CC(=O)NS(=O)(=O)c1ccc(NC(=O)c2cn3ccc(C)cc3n2)cc1. The molecule has 3 aromatic rings. The lowest BCUT2D eigenvalue weighted by Crippen LogP contribution is -2.28. The van der Waals surface area contributed by atoms with Gasteiger partial charge in [-0.2, -0.15) is 0 Å². The molecule has 26 heavy (non-hydrogen) atoms. The molecular formula is C17H16N4O4S. The summed E-state index contributed by atoms with van der Waals surface area (Å²) in [5, 5.41) is 2.66. The van der Waals surface area contributed by atoms with E-state index in [4.69, 9.17) is 0 Å². The molecule has 0 aliphatic rings. The molecule has 1 aromatic carbocycles. The van der Waals surface area contributed by atoms with Gasteiger partial charge in [0, 0.05) is 25.0 Å². The highest BCUT2D eigenvalue weighted by molar-refractivity contribution is 7.90. The largest absolute Gasteiger partial charge is 0.321 e. The number of aromatic nitrogens is 2. The van der Waals surface area contributed by atoms with Gasteiger partial charge in [-0.15, -0.1) is 0 Å². The number of benzene rings is 1. The van der Waals surface area contributed by atoms with Crippen LogP contribution in [0.1, 0.15) is 23.0 Å². The Morgan fingerprint density at radius 3 is 2.46 bits per heavy atom. The van der Waals surface area contributed by atoms with Crippen LogP contribution >= 0.6 is 0 Å². The Morgan fingerprint density at radius 1 is 1.12 bits per heavy atom. The second-order valence-electron chi connectivity index (χ2n) is 5.74. The summed E-state index contributed by atoms with van der Waals surface area (Å²) in [6.07, 6.45) is 3.43. The zero-order valence-corrected chi connectivity index (χ0v) is 14.9. The number of anilines is 1. The van der Waals surface area contributed by atoms with E-state index in [0.717, 1.165) is 12.5 Å². The first-order chi connectivity index (χ1) is 12.2. The number of carbonyl (C=O) groups is 2. The predicted octanol–water partition coefficient (Wildman–Crippen LogP) is 1.72. The molecule has 9 heteroatoms. The molecule has 0 aliphatic heterocycles. The Hall–Kier alpha value is -3.20. The lowest BCUT2D eigenvalue weighted by atomic mass is 10.3. The monoisotopic (exact) mass is 372 g/mol. The Balaban J connectivity index is 1.77. The number of nitrogens with zero attached hydrogens (tertiary/aromatic N) is 2. The quantitative estimate of drug-likeness (QED) is 0.725. The van der Waals surface area contributed by atoms with Crippen molar-refractivity contribution in [2.75, 3.05) is 5.32 Å². The summed E-state index contributed by atoms with van der Waals surface area (Å²) < 4.78 is 27.4. The molecule has 134 valence electrons. The van der Waals surface area contributed by atoms with E-state index in [0.29, 0.717) is 11.3 Å². The highest BCUT2D eigenvalue weighted by atomic mass is 32.2. The maximum Gasteiger partial charge on any atom is 0.275 e. The van der Waals surface area contributed by atoms with Gasteiger partial charge in [-0.25, -0.2) is 18.1 Å². The van der Waals surface area contributed by atoms with E-state index in [9.17, 15) is 18.0 Å². The first-order valence-electron chi connectivity index (χ1n) is 7.65. The van der Waals surface area contributed by atoms with Gasteiger partial charge in [-0.05, 0) is 48.9 Å². The second kappa shape index (κ2) is 6.60. The standard InChI is InChI=1S/C17H16N4O4S/c1-11-7-8-21-10-15(19-16(21)9-11)17(23)18-13-3-5-14(6-4-13)26(24,25)20-12(2)22/h3-10H,1-2H3,(H,18,23)(H,20,22). The molecule has 2 aromatic heterocycles. The van der Waals surface area contributed by atoms with Crippen molar-refractivity contribution >= 4 is 33.2 Å². The van der Waals surface area contributed by atoms with E-state index in [1.807, 2.05) is 30.0 Å². The topological polar surface area (TPSA) is 110 Å². The summed E-state index contributed by atoms with van der Waals surface area (Å²) >= 11 is 0. The maximum atomic E-state index is 12.3. The molecule has 0 unspecified atom stereocenters. The van der Waals surface area contributed by atoms with Gasteiger partial charge in [-0.3, -0.25) is 9.59 Å². The number of fused-ring (bicyclic) bond motifs is 1. The number of hydrogen-bond donors (Lipinski definition) is 2. The predicted molar refractivity (Wildman–Crippen MR) is 95.3 cm³/mol. The molecule has 2 amide bonds. The van der Waals surface area contributed by atoms with Crippen LogP contribution in [0.5, 0.6) is 0 Å². The highest BCUT2D eigenvalue weighted by Gasteiger charge is 2.16. The molecule has 0 atom stereocenters. The number of aryl methyl sites for hydroxylation is 1. The fraction of sp³-hybridized carbons (Fsp3) is 0.118. The smallest absolute Gasteiger partial charge is 0.275 e. The van der Waals surface area contributed by atoms with Crippen molar-refractivity contribution in [3.05, 3.63) is 60.0 Å². The normalized spacial score (nSPS) is 11.3. The zero-order chi connectivity index (χ0) is 18.9. The van der Waals surface area contributed by atoms with Gasteiger partial charge in [0.25, 0.3) is 15.9 Å². The van der Waals surface area contributed by atoms with Crippen LogP contribution in [0, 0.1) is 6.92 Å². The summed E-state index contributed by atoms with van der Waals surface area (Å²) in [5.74, 6) is -1.09. The lowest BCUT2D eigenvalue weighted by Gasteiger charge is -2.06. The number of amides is 2. The third kappa shape index (κ3) is 3.72. The molecule has 2 N–H and O–H groups in total. The molecule has 3 rings (SSSR count). The number of nitrogens with one attached hydrogen (secondary N) is 2. The van der Waals surface area contributed by atoms with Crippen molar-refractivity contribution in [1.29, 1.82) is 0 Å². The van der Waals surface area contributed by atoms with Crippen LogP contribution in [0.2, 0.25) is 0 Å². The van der Waals surface area contributed by atoms with Crippen molar-refractivity contribution in [2.45, 2.75) is 18.7 Å². The number of sulfonamides is 1. The van der Waals surface area contributed by atoms with E-state index in [2.05, 4.69) is 10.3 Å². The summed E-state index contributed by atoms with van der Waals surface area (Å²) in [5.41, 5.74) is 2.34. The van der Waals surface area contributed by atoms with Crippen LogP contribution in [0.4, 0.5) is 5.69 Å². The number of rotatable bonds is 4. The number of pyridine rings is 1. The van der Waals surface area contributed by atoms with Gasteiger partial charge in [0.05, 0.1) is 4.90 Å². The number of hydrogen-bond acceptors (Lipinski definition) is 5. The van der Waals surface area contributed by atoms with Crippen molar-refractivity contribution in [1.82, 2.24) is 14.1 Å². The first-order valence-corrected chi connectivity index (χ1v) is 9.13. The van der Waals surface area contributed by atoms with E-state index in [1.54, 1.807) is 10.6 Å². The van der Waals surface area contributed by atoms with Crippen LogP contribution in [0.15, 0.2) is 53.7 Å². The van der Waals surface area contributed by atoms with Gasteiger partial charge in [0.2, 0.25) is 5.91 Å². The van der Waals surface area contributed by atoms with E-state index < -0.39 is 21.8 Å². The van der Waals surface area contributed by atoms with Gasteiger partial charge in [0.15, 0.2) is 0 Å². The van der Waals surface area contributed by atoms with Crippen molar-refractivity contribution in [3.63, 3.8) is 0 Å². The molecule has 0 fully saturated rings. The second-order valence-corrected chi connectivity index (χ2v) is 7.42. The van der Waals surface area contributed by atoms with E-state index in [1.165, 1.54) is 24.3 Å². The Bertz CT molecular complexity index is 1100. The first kappa shape index (κ1) is 17.6. The van der Waals surface area contributed by atoms with Crippen LogP contribution in [-0.4, -0.2) is 29.6 Å². The van der Waals surface area contributed by atoms with Gasteiger partial charge in [-0.1, -0.05) is 0 Å². The molecule has 0 aliphatic carbocycles. The Kier molecular flexibility index (Phi) is 4.47. The lowest BCUT2D eigenvalue weighted by molar-refractivity contribution is -0.117. The Labute approximate surface area is 149 Å². The van der Waals surface area contributed by atoms with Crippen molar-refractivity contribution in [3.8, 4) is 0 Å².